The van der Waals surface area contributed by atoms with Gasteiger partial charge < -0.3 is 19.9 Å². The van der Waals surface area contributed by atoms with Gasteiger partial charge in [0, 0.05) is 11.1 Å². The van der Waals surface area contributed by atoms with Gasteiger partial charge in [-0.25, -0.2) is 4.98 Å². The quantitative estimate of drug-likeness (QED) is 0.918. The highest BCUT2D eigenvalue weighted by molar-refractivity contribution is 7.11. The Kier molecular flexibility index (Phi) is 4.46. The molecule has 6 heteroatoms. The summed E-state index contributed by atoms with van der Waals surface area (Å²) in [7, 11) is 4.74. The number of rotatable bonds is 5. The standard InChI is InChI=1S/C14H18N2O3S/c1-8-7-16-14(20-8)12(15)9-5-10(17-2)13(19-4)11(6-9)18-3/h5-7,12H,15H2,1-4H3. The minimum Gasteiger partial charge on any atom is -0.493 e. The average Bonchev–Trinajstić information content (AvgIpc) is 2.91. The van der Waals surface area contributed by atoms with Crippen LogP contribution < -0.4 is 19.9 Å². The molecule has 0 aliphatic heterocycles. The van der Waals surface area contributed by atoms with E-state index in [1.54, 1.807) is 32.7 Å². The molecule has 0 radical (unpaired) electrons. The topological polar surface area (TPSA) is 66.6 Å². The van der Waals surface area contributed by atoms with E-state index in [9.17, 15) is 0 Å². The lowest BCUT2D eigenvalue weighted by Gasteiger charge is -2.16. The molecular formula is C14H18N2O3S. The molecule has 0 bridgehead atoms. The highest BCUT2D eigenvalue weighted by Gasteiger charge is 2.19. The number of benzene rings is 1. The molecule has 5 nitrogen and oxygen atoms in total. The summed E-state index contributed by atoms with van der Waals surface area (Å²) in [5, 5.41) is 0.858. The lowest BCUT2D eigenvalue weighted by Crippen LogP contribution is -2.12. The lowest BCUT2D eigenvalue weighted by molar-refractivity contribution is 0.323. The van der Waals surface area contributed by atoms with E-state index in [-0.39, 0.29) is 6.04 Å². The minimum atomic E-state index is -0.317. The Balaban J connectivity index is 2.46. The number of aryl methyl sites for hydroxylation is 1. The first-order chi connectivity index (χ1) is 9.60. The van der Waals surface area contributed by atoms with Gasteiger partial charge in [0.15, 0.2) is 11.5 Å². The second-order valence-electron chi connectivity index (χ2n) is 4.25. The number of aromatic nitrogens is 1. The molecule has 0 aliphatic carbocycles. The second kappa shape index (κ2) is 6.11. The van der Waals surface area contributed by atoms with Gasteiger partial charge in [0.1, 0.15) is 5.01 Å². The molecule has 0 fully saturated rings. The van der Waals surface area contributed by atoms with Gasteiger partial charge in [-0.3, -0.25) is 0 Å². The van der Waals surface area contributed by atoms with Crippen LogP contribution in [0.4, 0.5) is 0 Å². The molecule has 0 amide bonds. The SMILES string of the molecule is COc1cc(C(N)c2ncc(C)s2)cc(OC)c1OC. The smallest absolute Gasteiger partial charge is 0.203 e. The van der Waals surface area contributed by atoms with Gasteiger partial charge in [-0.1, -0.05) is 0 Å². The summed E-state index contributed by atoms with van der Waals surface area (Å²) >= 11 is 1.58. The van der Waals surface area contributed by atoms with E-state index in [1.165, 1.54) is 0 Å². The van der Waals surface area contributed by atoms with Gasteiger partial charge in [-0.15, -0.1) is 11.3 Å². The molecule has 0 saturated carbocycles. The van der Waals surface area contributed by atoms with Crippen LogP contribution in [-0.2, 0) is 0 Å². The Hall–Kier alpha value is -1.79. The number of nitrogens with zero attached hydrogens (tertiary/aromatic N) is 1. The number of ether oxygens (including phenoxy) is 3. The highest BCUT2D eigenvalue weighted by atomic mass is 32.1. The fraction of sp³-hybridized carbons (Fsp3) is 0.357. The van der Waals surface area contributed by atoms with Crippen molar-refractivity contribution in [3.8, 4) is 17.2 Å². The van der Waals surface area contributed by atoms with E-state index in [2.05, 4.69) is 4.98 Å². The molecule has 2 aromatic rings. The molecule has 1 atom stereocenters. The zero-order valence-corrected chi connectivity index (χ0v) is 12.8. The van der Waals surface area contributed by atoms with Crippen molar-refractivity contribution in [2.45, 2.75) is 13.0 Å². The van der Waals surface area contributed by atoms with Crippen LogP contribution in [0.25, 0.3) is 0 Å². The summed E-state index contributed by atoms with van der Waals surface area (Å²) in [6.45, 7) is 2.00. The molecule has 1 unspecified atom stereocenters. The highest BCUT2D eigenvalue weighted by Crippen LogP contribution is 2.40. The third-order valence-corrected chi connectivity index (χ3v) is 3.95. The number of hydrogen-bond acceptors (Lipinski definition) is 6. The summed E-state index contributed by atoms with van der Waals surface area (Å²) < 4.78 is 16.0. The van der Waals surface area contributed by atoms with Gasteiger partial charge in [0.25, 0.3) is 0 Å². The molecular weight excluding hydrogens is 276 g/mol. The Morgan fingerprint density at radius 3 is 2.10 bits per heavy atom. The van der Waals surface area contributed by atoms with Gasteiger partial charge in [0.2, 0.25) is 5.75 Å². The van der Waals surface area contributed by atoms with E-state index in [0.29, 0.717) is 17.2 Å². The number of nitrogens with two attached hydrogens (primary N) is 1. The van der Waals surface area contributed by atoms with Crippen molar-refractivity contribution in [3.63, 3.8) is 0 Å². The van der Waals surface area contributed by atoms with Crippen LogP contribution in [-0.4, -0.2) is 26.3 Å². The Bertz CT molecular complexity index is 573. The normalized spacial score (nSPS) is 12.1. The number of thiazole rings is 1. The van der Waals surface area contributed by atoms with Crippen molar-refractivity contribution in [1.82, 2.24) is 4.98 Å². The van der Waals surface area contributed by atoms with Crippen LogP contribution in [0.5, 0.6) is 17.2 Å². The van der Waals surface area contributed by atoms with Crippen molar-refractivity contribution in [1.29, 1.82) is 0 Å². The molecule has 2 rings (SSSR count). The van der Waals surface area contributed by atoms with Gasteiger partial charge in [-0.2, -0.15) is 0 Å². The maximum absolute atomic E-state index is 6.26. The van der Waals surface area contributed by atoms with Crippen molar-refractivity contribution >= 4 is 11.3 Å². The summed E-state index contributed by atoms with van der Waals surface area (Å²) in [5.74, 6) is 1.73. The molecule has 1 aromatic carbocycles. The van der Waals surface area contributed by atoms with Crippen LogP contribution in [0.15, 0.2) is 18.3 Å². The van der Waals surface area contributed by atoms with E-state index >= 15 is 0 Å². The molecule has 20 heavy (non-hydrogen) atoms. The summed E-state index contributed by atoms with van der Waals surface area (Å²) in [6.07, 6.45) is 1.82. The lowest BCUT2D eigenvalue weighted by atomic mass is 10.1. The van der Waals surface area contributed by atoms with E-state index in [4.69, 9.17) is 19.9 Å². The first kappa shape index (κ1) is 14.6. The Morgan fingerprint density at radius 1 is 1.10 bits per heavy atom. The Morgan fingerprint density at radius 2 is 1.70 bits per heavy atom. The van der Waals surface area contributed by atoms with Gasteiger partial charge in [-0.05, 0) is 24.6 Å². The van der Waals surface area contributed by atoms with Crippen LogP contribution in [0, 0.1) is 6.92 Å². The van der Waals surface area contributed by atoms with Gasteiger partial charge >= 0.3 is 0 Å². The summed E-state index contributed by atoms with van der Waals surface area (Å²) in [5.41, 5.74) is 7.13. The zero-order chi connectivity index (χ0) is 14.7. The average molecular weight is 294 g/mol. The van der Waals surface area contributed by atoms with Crippen molar-refractivity contribution in [2.75, 3.05) is 21.3 Å². The fourth-order valence-electron chi connectivity index (χ4n) is 1.94. The second-order valence-corrected chi connectivity index (χ2v) is 5.51. The van der Waals surface area contributed by atoms with E-state index in [0.717, 1.165) is 15.4 Å². The molecule has 0 spiro atoms. The van der Waals surface area contributed by atoms with Crippen molar-refractivity contribution in [3.05, 3.63) is 33.8 Å². The molecule has 1 aromatic heterocycles. The van der Waals surface area contributed by atoms with Crippen molar-refractivity contribution < 1.29 is 14.2 Å². The van der Waals surface area contributed by atoms with E-state index < -0.39 is 0 Å². The van der Waals surface area contributed by atoms with Crippen LogP contribution in [0.1, 0.15) is 21.5 Å². The maximum atomic E-state index is 6.26. The van der Waals surface area contributed by atoms with Gasteiger partial charge in [0.05, 0.1) is 27.4 Å². The Labute approximate surface area is 122 Å². The molecule has 0 aliphatic rings. The first-order valence-corrected chi connectivity index (χ1v) is 6.90. The number of hydrogen-bond donors (Lipinski definition) is 1. The van der Waals surface area contributed by atoms with Crippen LogP contribution in [0.2, 0.25) is 0 Å². The van der Waals surface area contributed by atoms with Crippen LogP contribution in [0.3, 0.4) is 0 Å². The molecule has 108 valence electrons. The monoisotopic (exact) mass is 294 g/mol. The number of methoxy groups -OCH3 is 3. The third-order valence-electron chi connectivity index (χ3n) is 2.95. The summed E-state index contributed by atoms with van der Waals surface area (Å²) in [4.78, 5) is 5.45. The minimum absolute atomic E-state index is 0.317. The largest absolute Gasteiger partial charge is 0.493 e. The maximum Gasteiger partial charge on any atom is 0.203 e. The molecule has 2 N–H and O–H groups in total. The summed E-state index contributed by atoms with van der Waals surface area (Å²) in [6, 6.07) is 3.38. The third kappa shape index (κ3) is 2.71. The predicted molar refractivity (Wildman–Crippen MR) is 79.0 cm³/mol. The van der Waals surface area contributed by atoms with Crippen LogP contribution >= 0.6 is 11.3 Å². The van der Waals surface area contributed by atoms with Crippen molar-refractivity contribution in [2.24, 2.45) is 5.73 Å². The predicted octanol–water partition coefficient (Wildman–Crippen LogP) is 2.53. The van der Waals surface area contributed by atoms with E-state index in [1.807, 2.05) is 25.3 Å². The fourth-order valence-corrected chi connectivity index (χ4v) is 2.74. The molecule has 1 heterocycles. The zero-order valence-electron chi connectivity index (χ0n) is 12.0. The molecule has 0 saturated heterocycles. The first-order valence-electron chi connectivity index (χ1n) is 6.08.